The highest BCUT2D eigenvalue weighted by molar-refractivity contribution is 6.01. The van der Waals surface area contributed by atoms with Crippen molar-refractivity contribution in [2.75, 3.05) is 33.2 Å². The minimum absolute atomic E-state index is 0.0763. The van der Waals surface area contributed by atoms with Gasteiger partial charge in [0, 0.05) is 33.1 Å². The number of nitrogens with zero attached hydrogens (tertiary/aromatic N) is 3. The van der Waals surface area contributed by atoms with Gasteiger partial charge in [0.05, 0.1) is 0 Å². The number of imide groups is 1. The average Bonchev–Trinajstić information content (AvgIpc) is 2.57. The Morgan fingerprint density at radius 3 is 2.33 bits per heavy atom. The third-order valence-electron chi connectivity index (χ3n) is 3.12. The number of hydrogen-bond acceptors (Lipinski definition) is 3. The van der Waals surface area contributed by atoms with Crippen LogP contribution in [0.15, 0.2) is 0 Å². The molecule has 1 rings (SSSR count). The van der Waals surface area contributed by atoms with Gasteiger partial charge in [-0.3, -0.25) is 14.5 Å². The fraction of sp³-hybridized carbons (Fsp3) is 0.750. The van der Waals surface area contributed by atoms with Crippen molar-refractivity contribution < 1.29 is 14.4 Å². The summed E-state index contributed by atoms with van der Waals surface area (Å²) < 4.78 is 0. The summed E-state index contributed by atoms with van der Waals surface area (Å²) in [5, 5.41) is 0. The van der Waals surface area contributed by atoms with Gasteiger partial charge in [-0.2, -0.15) is 0 Å². The number of carbonyl (C=O) groups is 3. The standard InChI is InChI=1S/C12H21N3O3/c1-4-14(5-2)10(16)7-6-8-15-11(17)9-13(3)12(15)18/h4-9H2,1-3H3. The predicted octanol–water partition coefficient (Wildman–Crippen LogP) is 0.529. The van der Waals surface area contributed by atoms with E-state index in [0.29, 0.717) is 32.5 Å². The first-order valence-electron chi connectivity index (χ1n) is 6.34. The molecule has 0 N–H and O–H groups in total. The molecule has 6 heteroatoms. The molecule has 1 aliphatic rings. The van der Waals surface area contributed by atoms with E-state index in [1.54, 1.807) is 11.9 Å². The molecule has 1 heterocycles. The van der Waals surface area contributed by atoms with Crippen molar-refractivity contribution in [3.05, 3.63) is 0 Å². The first-order chi connectivity index (χ1) is 8.51. The Labute approximate surface area is 108 Å². The van der Waals surface area contributed by atoms with Crippen molar-refractivity contribution in [1.29, 1.82) is 0 Å². The lowest BCUT2D eigenvalue weighted by Crippen LogP contribution is -2.34. The molecule has 0 spiro atoms. The van der Waals surface area contributed by atoms with Gasteiger partial charge in [0.25, 0.3) is 0 Å². The van der Waals surface area contributed by atoms with Gasteiger partial charge in [-0.15, -0.1) is 0 Å². The van der Waals surface area contributed by atoms with Crippen LogP contribution in [-0.4, -0.2) is 65.8 Å². The minimum Gasteiger partial charge on any atom is -0.343 e. The van der Waals surface area contributed by atoms with E-state index in [0.717, 1.165) is 0 Å². The maximum atomic E-state index is 11.7. The third-order valence-corrected chi connectivity index (χ3v) is 3.12. The summed E-state index contributed by atoms with van der Waals surface area (Å²) in [7, 11) is 1.60. The smallest absolute Gasteiger partial charge is 0.326 e. The molecule has 1 aliphatic heterocycles. The highest BCUT2D eigenvalue weighted by Crippen LogP contribution is 2.09. The van der Waals surface area contributed by atoms with Crippen LogP contribution in [0.3, 0.4) is 0 Å². The molecule has 0 saturated carbocycles. The molecule has 0 unspecified atom stereocenters. The normalized spacial score (nSPS) is 15.5. The zero-order valence-electron chi connectivity index (χ0n) is 11.3. The van der Waals surface area contributed by atoms with E-state index in [9.17, 15) is 14.4 Å². The summed E-state index contributed by atoms with van der Waals surface area (Å²) >= 11 is 0. The summed E-state index contributed by atoms with van der Waals surface area (Å²) in [6, 6.07) is -0.268. The van der Waals surface area contributed by atoms with E-state index in [4.69, 9.17) is 0 Å². The van der Waals surface area contributed by atoms with Gasteiger partial charge < -0.3 is 9.80 Å². The fourth-order valence-electron chi connectivity index (χ4n) is 2.01. The first kappa shape index (κ1) is 14.5. The maximum Gasteiger partial charge on any atom is 0.326 e. The first-order valence-corrected chi connectivity index (χ1v) is 6.34. The Morgan fingerprint density at radius 1 is 1.28 bits per heavy atom. The van der Waals surface area contributed by atoms with Gasteiger partial charge in [0.15, 0.2) is 0 Å². The van der Waals surface area contributed by atoms with Crippen molar-refractivity contribution in [1.82, 2.24) is 14.7 Å². The molecule has 0 aromatic heterocycles. The van der Waals surface area contributed by atoms with E-state index in [1.165, 1.54) is 9.80 Å². The SMILES string of the molecule is CCN(CC)C(=O)CCCN1C(=O)CN(C)C1=O. The second-order valence-corrected chi connectivity index (χ2v) is 4.35. The minimum atomic E-state index is -0.268. The van der Waals surface area contributed by atoms with E-state index < -0.39 is 0 Å². The van der Waals surface area contributed by atoms with Crippen molar-refractivity contribution in [2.24, 2.45) is 0 Å². The Morgan fingerprint density at radius 2 is 1.89 bits per heavy atom. The number of urea groups is 1. The molecule has 0 bridgehead atoms. The predicted molar refractivity (Wildman–Crippen MR) is 66.9 cm³/mol. The summed E-state index contributed by atoms with van der Waals surface area (Å²) in [6.45, 7) is 5.73. The van der Waals surface area contributed by atoms with Crippen LogP contribution >= 0.6 is 0 Å². The molecule has 4 amide bonds. The van der Waals surface area contributed by atoms with Gasteiger partial charge in [0.2, 0.25) is 11.8 Å². The molecule has 0 atom stereocenters. The number of carbonyl (C=O) groups excluding carboxylic acids is 3. The molecule has 0 aromatic rings. The lowest BCUT2D eigenvalue weighted by molar-refractivity contribution is -0.131. The Bertz CT molecular complexity index is 339. The second-order valence-electron chi connectivity index (χ2n) is 4.35. The molecular formula is C12H21N3O3. The maximum absolute atomic E-state index is 11.7. The van der Waals surface area contributed by atoms with Crippen LogP contribution in [0.25, 0.3) is 0 Å². The number of likely N-dealkylation sites (N-methyl/N-ethyl adjacent to an activating group) is 1. The molecule has 18 heavy (non-hydrogen) atoms. The van der Waals surface area contributed by atoms with Crippen LogP contribution in [0.4, 0.5) is 4.79 Å². The lowest BCUT2D eigenvalue weighted by atomic mass is 10.2. The molecular weight excluding hydrogens is 234 g/mol. The Kier molecular flexibility index (Phi) is 5.12. The van der Waals surface area contributed by atoms with Crippen molar-refractivity contribution >= 4 is 17.8 Å². The third kappa shape index (κ3) is 3.21. The lowest BCUT2D eigenvalue weighted by Gasteiger charge is -2.19. The van der Waals surface area contributed by atoms with E-state index in [-0.39, 0.29) is 24.4 Å². The van der Waals surface area contributed by atoms with Crippen LogP contribution in [0.5, 0.6) is 0 Å². The van der Waals surface area contributed by atoms with Crippen LogP contribution in [-0.2, 0) is 9.59 Å². The average molecular weight is 255 g/mol. The van der Waals surface area contributed by atoms with E-state index in [1.807, 2.05) is 13.8 Å². The highest BCUT2D eigenvalue weighted by atomic mass is 16.2. The van der Waals surface area contributed by atoms with Crippen molar-refractivity contribution in [2.45, 2.75) is 26.7 Å². The fourth-order valence-corrected chi connectivity index (χ4v) is 2.01. The molecule has 1 saturated heterocycles. The second kappa shape index (κ2) is 6.37. The Hall–Kier alpha value is -1.59. The van der Waals surface area contributed by atoms with Crippen LogP contribution in [0.1, 0.15) is 26.7 Å². The molecule has 102 valence electrons. The summed E-state index contributed by atoms with van der Waals surface area (Å²) in [5.74, 6) is -0.106. The highest BCUT2D eigenvalue weighted by Gasteiger charge is 2.32. The van der Waals surface area contributed by atoms with Gasteiger partial charge in [-0.05, 0) is 20.3 Å². The monoisotopic (exact) mass is 255 g/mol. The van der Waals surface area contributed by atoms with Crippen molar-refractivity contribution in [3.8, 4) is 0 Å². The number of hydrogen-bond donors (Lipinski definition) is 0. The van der Waals surface area contributed by atoms with E-state index in [2.05, 4.69) is 0 Å². The van der Waals surface area contributed by atoms with Gasteiger partial charge >= 0.3 is 6.03 Å². The summed E-state index contributed by atoms with van der Waals surface area (Å²) in [5.41, 5.74) is 0. The topological polar surface area (TPSA) is 60.9 Å². The molecule has 0 aromatic carbocycles. The largest absolute Gasteiger partial charge is 0.343 e. The molecule has 0 radical (unpaired) electrons. The van der Waals surface area contributed by atoms with Gasteiger partial charge in [-0.25, -0.2) is 4.79 Å². The van der Waals surface area contributed by atoms with Crippen LogP contribution < -0.4 is 0 Å². The zero-order chi connectivity index (χ0) is 13.7. The number of amides is 4. The zero-order valence-corrected chi connectivity index (χ0v) is 11.3. The van der Waals surface area contributed by atoms with E-state index >= 15 is 0 Å². The van der Waals surface area contributed by atoms with Crippen LogP contribution in [0, 0.1) is 0 Å². The molecule has 1 fully saturated rings. The molecule has 6 nitrogen and oxygen atoms in total. The Balaban J connectivity index is 2.36. The van der Waals surface area contributed by atoms with Gasteiger partial charge in [0.1, 0.15) is 6.54 Å². The number of rotatable bonds is 6. The summed E-state index contributed by atoms with van der Waals surface area (Å²) in [6.07, 6.45) is 0.906. The van der Waals surface area contributed by atoms with Crippen LogP contribution in [0.2, 0.25) is 0 Å². The summed E-state index contributed by atoms with van der Waals surface area (Å²) in [4.78, 5) is 39.1. The quantitative estimate of drug-likeness (QED) is 0.650. The molecule has 0 aliphatic carbocycles. The van der Waals surface area contributed by atoms with Crippen molar-refractivity contribution in [3.63, 3.8) is 0 Å². The van der Waals surface area contributed by atoms with Gasteiger partial charge in [-0.1, -0.05) is 0 Å².